The number of rotatable bonds is 7. The van der Waals surface area contributed by atoms with Crippen LogP contribution in [0.5, 0.6) is 11.5 Å². The van der Waals surface area contributed by atoms with E-state index in [2.05, 4.69) is 5.32 Å². The second-order valence-electron chi connectivity index (χ2n) is 4.13. The molecule has 0 aromatic heterocycles. The maximum absolute atomic E-state index is 12.1. The highest BCUT2D eigenvalue weighted by molar-refractivity contribution is 7.80. The summed E-state index contributed by atoms with van der Waals surface area (Å²) in [6.45, 7) is 6.52. The molecule has 1 aromatic rings. The van der Waals surface area contributed by atoms with E-state index in [1.165, 1.54) is 0 Å². The van der Waals surface area contributed by atoms with Crippen molar-refractivity contribution in [1.29, 1.82) is 0 Å². The van der Waals surface area contributed by atoms with Crippen LogP contribution in [0.15, 0.2) is 18.2 Å². The first kappa shape index (κ1) is 16.2. The smallest absolute Gasteiger partial charge is 0.251 e. The molecule has 110 valence electrons. The molecular formula is C14H20N2O3S. The lowest BCUT2D eigenvalue weighted by Crippen LogP contribution is -2.41. The van der Waals surface area contributed by atoms with Crippen molar-refractivity contribution in [3.8, 4) is 11.5 Å². The zero-order valence-corrected chi connectivity index (χ0v) is 12.8. The summed E-state index contributed by atoms with van der Waals surface area (Å²) in [5, 5.41) is 2.71. The van der Waals surface area contributed by atoms with Crippen molar-refractivity contribution < 1.29 is 14.3 Å². The van der Waals surface area contributed by atoms with Gasteiger partial charge in [0.15, 0.2) is 11.5 Å². The highest BCUT2D eigenvalue weighted by Gasteiger charge is 2.14. The molecule has 1 amide bonds. The minimum Gasteiger partial charge on any atom is -0.490 e. The fraction of sp³-hybridized carbons (Fsp3) is 0.429. The SMILES string of the molecule is CCOc1ccc(C(=O)NC(C)C(N)=S)cc1OCC. The van der Waals surface area contributed by atoms with Gasteiger partial charge in [-0.2, -0.15) is 0 Å². The number of carbonyl (C=O) groups excluding carboxylic acids is 1. The topological polar surface area (TPSA) is 73.6 Å². The summed E-state index contributed by atoms with van der Waals surface area (Å²) in [6.07, 6.45) is 0. The zero-order valence-electron chi connectivity index (χ0n) is 11.9. The van der Waals surface area contributed by atoms with Gasteiger partial charge in [-0.25, -0.2) is 0 Å². The van der Waals surface area contributed by atoms with Crippen molar-refractivity contribution in [2.75, 3.05) is 13.2 Å². The number of hydrogen-bond donors (Lipinski definition) is 2. The number of nitrogens with one attached hydrogen (secondary N) is 1. The molecule has 1 aromatic carbocycles. The lowest BCUT2D eigenvalue weighted by molar-refractivity contribution is 0.0949. The van der Waals surface area contributed by atoms with Crippen LogP contribution in [0.2, 0.25) is 0 Å². The normalized spacial score (nSPS) is 11.6. The van der Waals surface area contributed by atoms with Crippen molar-refractivity contribution in [3.63, 3.8) is 0 Å². The quantitative estimate of drug-likeness (QED) is 0.752. The second kappa shape index (κ2) is 7.69. The Kier molecular flexibility index (Phi) is 6.24. The van der Waals surface area contributed by atoms with Crippen LogP contribution in [-0.4, -0.2) is 30.2 Å². The van der Waals surface area contributed by atoms with Crippen LogP contribution in [0, 0.1) is 0 Å². The van der Waals surface area contributed by atoms with E-state index < -0.39 is 0 Å². The molecule has 6 heteroatoms. The van der Waals surface area contributed by atoms with E-state index in [0.717, 1.165) is 0 Å². The fourth-order valence-electron chi connectivity index (χ4n) is 1.54. The van der Waals surface area contributed by atoms with Gasteiger partial charge in [0.05, 0.1) is 24.2 Å². The third-order valence-corrected chi connectivity index (χ3v) is 2.93. The van der Waals surface area contributed by atoms with Gasteiger partial charge in [-0.05, 0) is 39.0 Å². The number of amides is 1. The molecule has 1 rings (SSSR count). The maximum Gasteiger partial charge on any atom is 0.251 e. The average Bonchev–Trinajstić information content (AvgIpc) is 2.41. The highest BCUT2D eigenvalue weighted by atomic mass is 32.1. The molecule has 1 atom stereocenters. The van der Waals surface area contributed by atoms with Crippen LogP contribution in [0.1, 0.15) is 31.1 Å². The van der Waals surface area contributed by atoms with Gasteiger partial charge in [-0.3, -0.25) is 4.79 Å². The number of benzene rings is 1. The van der Waals surface area contributed by atoms with Crippen LogP contribution in [0.3, 0.4) is 0 Å². The summed E-state index contributed by atoms with van der Waals surface area (Å²) < 4.78 is 10.9. The minimum absolute atomic E-state index is 0.245. The summed E-state index contributed by atoms with van der Waals surface area (Å²) in [7, 11) is 0. The number of thiocarbonyl (C=S) groups is 1. The van der Waals surface area contributed by atoms with E-state index in [9.17, 15) is 4.79 Å². The van der Waals surface area contributed by atoms with Crippen LogP contribution in [-0.2, 0) is 0 Å². The Hall–Kier alpha value is -1.82. The molecule has 0 heterocycles. The summed E-state index contributed by atoms with van der Waals surface area (Å²) in [4.78, 5) is 12.3. The number of nitrogens with two attached hydrogens (primary N) is 1. The Labute approximate surface area is 124 Å². The minimum atomic E-state index is -0.361. The second-order valence-corrected chi connectivity index (χ2v) is 4.60. The number of hydrogen-bond acceptors (Lipinski definition) is 4. The zero-order chi connectivity index (χ0) is 15.1. The first-order valence-corrected chi connectivity index (χ1v) is 6.90. The summed E-state index contributed by atoms with van der Waals surface area (Å²) in [5.41, 5.74) is 5.95. The van der Waals surface area contributed by atoms with Crippen LogP contribution < -0.4 is 20.5 Å². The average molecular weight is 296 g/mol. The van der Waals surface area contributed by atoms with Crippen molar-refractivity contribution >= 4 is 23.1 Å². The Morgan fingerprint density at radius 3 is 2.45 bits per heavy atom. The van der Waals surface area contributed by atoms with Gasteiger partial charge >= 0.3 is 0 Å². The van der Waals surface area contributed by atoms with Gasteiger partial charge in [0.1, 0.15) is 0 Å². The van der Waals surface area contributed by atoms with Crippen molar-refractivity contribution in [3.05, 3.63) is 23.8 Å². The molecule has 5 nitrogen and oxygen atoms in total. The molecule has 0 radical (unpaired) electrons. The largest absolute Gasteiger partial charge is 0.490 e. The molecule has 0 aliphatic rings. The van der Waals surface area contributed by atoms with Crippen LogP contribution in [0.4, 0.5) is 0 Å². The van der Waals surface area contributed by atoms with Crippen molar-refractivity contribution in [2.24, 2.45) is 5.73 Å². The number of carbonyl (C=O) groups is 1. The van der Waals surface area contributed by atoms with Crippen molar-refractivity contribution in [2.45, 2.75) is 26.8 Å². The molecule has 0 aliphatic carbocycles. The van der Waals surface area contributed by atoms with Gasteiger partial charge in [0, 0.05) is 5.56 Å². The van der Waals surface area contributed by atoms with Gasteiger partial charge in [0.2, 0.25) is 0 Å². The van der Waals surface area contributed by atoms with Crippen LogP contribution in [0.25, 0.3) is 0 Å². The van der Waals surface area contributed by atoms with E-state index in [0.29, 0.717) is 30.3 Å². The molecule has 0 saturated heterocycles. The van der Waals surface area contributed by atoms with E-state index in [-0.39, 0.29) is 16.9 Å². The molecule has 0 spiro atoms. The molecule has 0 saturated carbocycles. The van der Waals surface area contributed by atoms with Gasteiger partial charge in [-0.1, -0.05) is 12.2 Å². The van der Waals surface area contributed by atoms with E-state index in [1.807, 2.05) is 13.8 Å². The fourth-order valence-corrected chi connectivity index (χ4v) is 1.60. The van der Waals surface area contributed by atoms with Crippen LogP contribution >= 0.6 is 12.2 Å². The Bertz CT molecular complexity index is 491. The molecule has 0 bridgehead atoms. The third kappa shape index (κ3) is 4.38. The summed E-state index contributed by atoms with van der Waals surface area (Å²) in [5.74, 6) is 0.910. The highest BCUT2D eigenvalue weighted by Crippen LogP contribution is 2.28. The molecule has 0 fully saturated rings. The number of ether oxygens (including phenoxy) is 2. The van der Waals surface area contributed by atoms with E-state index in [1.54, 1.807) is 25.1 Å². The molecule has 3 N–H and O–H groups in total. The van der Waals surface area contributed by atoms with Crippen molar-refractivity contribution in [1.82, 2.24) is 5.32 Å². The Morgan fingerprint density at radius 1 is 1.30 bits per heavy atom. The Morgan fingerprint density at radius 2 is 1.90 bits per heavy atom. The lowest BCUT2D eigenvalue weighted by Gasteiger charge is -2.14. The monoisotopic (exact) mass is 296 g/mol. The molecular weight excluding hydrogens is 276 g/mol. The van der Waals surface area contributed by atoms with E-state index in [4.69, 9.17) is 27.4 Å². The summed E-state index contributed by atoms with van der Waals surface area (Å²) in [6, 6.07) is 4.68. The summed E-state index contributed by atoms with van der Waals surface area (Å²) >= 11 is 4.83. The standard InChI is InChI=1S/C14H20N2O3S/c1-4-18-11-7-6-10(8-12(11)19-5-2)14(17)16-9(3)13(15)20/h6-9H,4-5H2,1-3H3,(H2,15,20)(H,16,17). The predicted molar refractivity (Wildman–Crippen MR) is 82.5 cm³/mol. The lowest BCUT2D eigenvalue weighted by atomic mass is 10.1. The first-order chi connectivity index (χ1) is 9.49. The maximum atomic E-state index is 12.1. The van der Waals surface area contributed by atoms with Gasteiger partial charge in [0.25, 0.3) is 5.91 Å². The molecule has 0 aliphatic heterocycles. The predicted octanol–water partition coefficient (Wildman–Crippen LogP) is 1.89. The van der Waals surface area contributed by atoms with Gasteiger partial charge < -0.3 is 20.5 Å². The Balaban J connectivity index is 2.92. The molecule has 1 unspecified atom stereocenters. The molecule has 20 heavy (non-hydrogen) atoms. The van der Waals surface area contributed by atoms with E-state index >= 15 is 0 Å². The first-order valence-electron chi connectivity index (χ1n) is 6.49. The third-order valence-electron chi connectivity index (χ3n) is 2.58. The van der Waals surface area contributed by atoms with Gasteiger partial charge in [-0.15, -0.1) is 0 Å².